The molecule has 0 saturated carbocycles. The van der Waals surface area contributed by atoms with Gasteiger partial charge in [0.1, 0.15) is 18.4 Å². The zero-order valence-electron chi connectivity index (χ0n) is 12.3. The minimum absolute atomic E-state index is 0.0946. The summed E-state index contributed by atoms with van der Waals surface area (Å²) in [7, 11) is 0. The zero-order valence-corrected chi connectivity index (χ0v) is 13.0. The van der Waals surface area contributed by atoms with Crippen LogP contribution in [0.2, 0.25) is 5.02 Å². The van der Waals surface area contributed by atoms with E-state index in [0.717, 1.165) is 5.56 Å². The summed E-state index contributed by atoms with van der Waals surface area (Å²) >= 11 is 5.98. The van der Waals surface area contributed by atoms with Crippen LogP contribution in [0.3, 0.4) is 0 Å². The third-order valence-electron chi connectivity index (χ3n) is 3.94. The maximum absolute atomic E-state index is 12.7. The third-order valence-corrected chi connectivity index (χ3v) is 4.17. The number of nitrogens with one attached hydrogen (secondary N) is 1. The van der Waals surface area contributed by atoms with E-state index in [2.05, 4.69) is 5.32 Å². The summed E-state index contributed by atoms with van der Waals surface area (Å²) in [5.74, 6) is 0.472. The molecule has 116 valence electrons. The van der Waals surface area contributed by atoms with Crippen LogP contribution in [0.4, 0.5) is 0 Å². The Morgan fingerprint density at radius 3 is 3.09 bits per heavy atom. The molecule has 0 spiro atoms. The number of hydrogen-bond acceptors (Lipinski definition) is 3. The Labute approximate surface area is 133 Å². The number of rotatable bonds is 2. The van der Waals surface area contributed by atoms with Gasteiger partial charge in [-0.25, -0.2) is 0 Å². The van der Waals surface area contributed by atoms with E-state index >= 15 is 0 Å². The lowest BCUT2D eigenvalue weighted by Gasteiger charge is -2.35. The molecule has 1 N–H and O–H groups in total. The number of nitrogens with zero attached hydrogens (tertiary/aromatic N) is 1. The Balaban J connectivity index is 1.87. The molecule has 5 nitrogen and oxygen atoms in total. The second kappa shape index (κ2) is 6.01. The van der Waals surface area contributed by atoms with Crippen LogP contribution in [0, 0.1) is 0 Å². The number of fused-ring (bicyclic) bond motifs is 1. The molecule has 1 unspecified atom stereocenters. The first-order valence-corrected chi connectivity index (χ1v) is 7.69. The van der Waals surface area contributed by atoms with E-state index in [9.17, 15) is 9.59 Å². The quantitative estimate of drug-likeness (QED) is 0.904. The number of halogens is 1. The van der Waals surface area contributed by atoms with Crippen molar-refractivity contribution in [1.82, 2.24) is 10.2 Å². The van der Waals surface area contributed by atoms with Gasteiger partial charge < -0.3 is 15.0 Å². The van der Waals surface area contributed by atoms with Gasteiger partial charge in [0.2, 0.25) is 5.91 Å². The van der Waals surface area contributed by atoms with Gasteiger partial charge in [0.05, 0.1) is 5.57 Å². The monoisotopic (exact) mass is 320 g/mol. The minimum atomic E-state index is -0.414. The molecule has 2 aliphatic rings. The van der Waals surface area contributed by atoms with Crippen molar-refractivity contribution in [2.24, 2.45) is 0 Å². The first-order chi connectivity index (χ1) is 10.6. The predicted octanol–water partition coefficient (Wildman–Crippen LogP) is 1.85. The molecule has 3 rings (SSSR count). The molecule has 0 bridgehead atoms. The summed E-state index contributed by atoms with van der Waals surface area (Å²) < 4.78 is 5.62. The first-order valence-electron chi connectivity index (χ1n) is 7.31. The lowest BCUT2D eigenvalue weighted by atomic mass is 10.0. The number of carbonyl (C=O) groups excluding carboxylic acids is 2. The van der Waals surface area contributed by atoms with Gasteiger partial charge in [-0.1, -0.05) is 18.5 Å². The van der Waals surface area contributed by atoms with Gasteiger partial charge in [0, 0.05) is 23.7 Å². The van der Waals surface area contributed by atoms with Gasteiger partial charge in [-0.3, -0.25) is 9.59 Å². The van der Waals surface area contributed by atoms with Crippen molar-refractivity contribution < 1.29 is 14.3 Å². The second-order valence-corrected chi connectivity index (χ2v) is 5.79. The summed E-state index contributed by atoms with van der Waals surface area (Å²) in [5.41, 5.74) is 1.33. The number of hydrogen-bond donors (Lipinski definition) is 1. The summed E-state index contributed by atoms with van der Waals surface area (Å²) in [5, 5.41) is 3.39. The lowest BCUT2D eigenvalue weighted by molar-refractivity contribution is -0.140. The molecule has 6 heteroatoms. The van der Waals surface area contributed by atoms with Crippen LogP contribution in [-0.2, 0) is 9.59 Å². The highest BCUT2D eigenvalue weighted by Crippen LogP contribution is 2.30. The van der Waals surface area contributed by atoms with Crippen molar-refractivity contribution in [1.29, 1.82) is 0 Å². The molecule has 1 aromatic carbocycles. The second-order valence-electron chi connectivity index (χ2n) is 5.35. The average Bonchev–Trinajstić information content (AvgIpc) is 2.53. The summed E-state index contributed by atoms with van der Waals surface area (Å²) in [4.78, 5) is 26.2. The zero-order chi connectivity index (χ0) is 15.7. The number of amides is 2. The van der Waals surface area contributed by atoms with E-state index in [1.807, 2.05) is 6.92 Å². The van der Waals surface area contributed by atoms with Crippen molar-refractivity contribution in [2.75, 3.05) is 19.7 Å². The number of carbonyl (C=O) groups is 2. The number of benzene rings is 1. The molecule has 2 aliphatic heterocycles. The van der Waals surface area contributed by atoms with Gasteiger partial charge in [0.25, 0.3) is 5.91 Å². The topological polar surface area (TPSA) is 58.6 Å². The maximum atomic E-state index is 12.7. The highest BCUT2D eigenvalue weighted by molar-refractivity contribution is 6.30. The normalized spacial score (nSPS) is 20.6. The molecule has 2 heterocycles. The van der Waals surface area contributed by atoms with E-state index in [1.54, 1.807) is 29.2 Å². The van der Waals surface area contributed by atoms with Crippen LogP contribution >= 0.6 is 11.6 Å². The molecule has 22 heavy (non-hydrogen) atoms. The summed E-state index contributed by atoms with van der Waals surface area (Å²) in [6.45, 7) is 3.11. The summed E-state index contributed by atoms with van der Waals surface area (Å²) in [6.07, 6.45) is 2.39. The van der Waals surface area contributed by atoms with E-state index < -0.39 is 6.04 Å². The molecule has 0 aliphatic carbocycles. The molecule has 1 fully saturated rings. The van der Waals surface area contributed by atoms with Gasteiger partial charge in [0.15, 0.2) is 0 Å². The van der Waals surface area contributed by atoms with Crippen molar-refractivity contribution in [3.8, 4) is 5.75 Å². The molecule has 1 atom stereocenters. The molecule has 0 radical (unpaired) electrons. The Morgan fingerprint density at radius 1 is 1.50 bits per heavy atom. The molecular formula is C16H17ClN2O3. The van der Waals surface area contributed by atoms with Gasteiger partial charge in [-0.15, -0.1) is 0 Å². The fraction of sp³-hybridized carbons (Fsp3) is 0.375. The first kappa shape index (κ1) is 14.9. The van der Waals surface area contributed by atoms with E-state index in [4.69, 9.17) is 16.3 Å². The van der Waals surface area contributed by atoms with Crippen molar-refractivity contribution >= 4 is 29.5 Å². The van der Waals surface area contributed by atoms with Gasteiger partial charge >= 0.3 is 0 Å². The highest BCUT2D eigenvalue weighted by atomic mass is 35.5. The van der Waals surface area contributed by atoms with Crippen molar-refractivity contribution in [2.45, 2.75) is 19.4 Å². The van der Waals surface area contributed by atoms with E-state index in [-0.39, 0.29) is 18.4 Å². The Kier molecular flexibility index (Phi) is 4.07. The van der Waals surface area contributed by atoms with E-state index in [1.165, 1.54) is 0 Å². The number of piperazine rings is 1. The van der Waals surface area contributed by atoms with Crippen molar-refractivity contribution in [3.63, 3.8) is 0 Å². The average molecular weight is 321 g/mol. The van der Waals surface area contributed by atoms with Gasteiger partial charge in [-0.2, -0.15) is 0 Å². The smallest absolute Gasteiger partial charge is 0.254 e. The predicted molar refractivity (Wildman–Crippen MR) is 83.7 cm³/mol. The van der Waals surface area contributed by atoms with Crippen LogP contribution in [0.1, 0.15) is 18.9 Å². The van der Waals surface area contributed by atoms with Gasteiger partial charge in [-0.05, 0) is 30.7 Å². The molecular weight excluding hydrogens is 304 g/mol. The number of ether oxygens (including phenoxy) is 1. The lowest BCUT2D eigenvalue weighted by Crippen LogP contribution is -2.57. The molecule has 2 amide bonds. The summed E-state index contributed by atoms with van der Waals surface area (Å²) in [6, 6.07) is 4.90. The molecule has 0 aromatic heterocycles. The highest BCUT2D eigenvalue weighted by Gasteiger charge is 2.33. The molecule has 1 saturated heterocycles. The standard InChI is InChI=1S/C16H17ClN2O3/c1-2-13-15(20)18-5-6-19(13)16(21)11-7-10-8-12(17)3-4-14(10)22-9-11/h3-4,7-8,13H,2,5-6,9H2,1H3,(H,18,20). The Bertz CT molecular complexity index is 657. The third kappa shape index (κ3) is 2.68. The Morgan fingerprint density at radius 2 is 2.32 bits per heavy atom. The van der Waals surface area contributed by atoms with Crippen LogP contribution in [-0.4, -0.2) is 42.5 Å². The van der Waals surface area contributed by atoms with Crippen LogP contribution < -0.4 is 10.1 Å². The van der Waals surface area contributed by atoms with E-state index in [0.29, 0.717) is 35.9 Å². The van der Waals surface area contributed by atoms with Crippen molar-refractivity contribution in [3.05, 3.63) is 34.4 Å². The largest absolute Gasteiger partial charge is 0.488 e. The van der Waals surface area contributed by atoms with Crippen LogP contribution in [0.25, 0.3) is 6.08 Å². The van der Waals surface area contributed by atoms with Crippen LogP contribution in [0.15, 0.2) is 23.8 Å². The Hall–Kier alpha value is -2.01. The van der Waals surface area contributed by atoms with Crippen LogP contribution in [0.5, 0.6) is 5.75 Å². The fourth-order valence-corrected chi connectivity index (χ4v) is 3.00. The fourth-order valence-electron chi connectivity index (χ4n) is 2.82. The minimum Gasteiger partial charge on any atom is -0.488 e. The molecule has 1 aromatic rings. The SMILES string of the molecule is CCC1C(=O)NCCN1C(=O)C1=Cc2cc(Cl)ccc2OC1. The maximum Gasteiger partial charge on any atom is 0.254 e.